The molecule has 0 rings (SSSR count). The lowest BCUT2D eigenvalue weighted by Crippen LogP contribution is -2.28. The topological polar surface area (TPSA) is 126 Å². The lowest BCUT2D eigenvalue weighted by atomic mass is 10.1. The summed E-state index contributed by atoms with van der Waals surface area (Å²) in [5, 5.41) is 34.1. The summed E-state index contributed by atoms with van der Waals surface area (Å²) >= 11 is 0. The van der Waals surface area contributed by atoms with Gasteiger partial charge in [0.25, 0.3) is 0 Å². The zero-order chi connectivity index (χ0) is 26.2. The molecule has 0 unspecified atom stereocenters. The predicted octanol–water partition coefficient (Wildman–Crippen LogP) is 4.49. The van der Waals surface area contributed by atoms with Crippen LogP contribution in [0.2, 0.25) is 0 Å². The van der Waals surface area contributed by atoms with Gasteiger partial charge in [0.05, 0.1) is 52.9 Å². The summed E-state index contributed by atoms with van der Waals surface area (Å²) in [6, 6.07) is 0. The average molecular weight is 507 g/mol. The third-order valence-electron chi connectivity index (χ3n) is 5.18. The van der Waals surface area contributed by atoms with Crippen molar-refractivity contribution in [1.82, 2.24) is 0 Å². The highest BCUT2D eigenvalue weighted by Gasteiger charge is 2.09. The maximum Gasteiger partial charge on any atom is 0.303 e. The predicted molar refractivity (Wildman–Crippen MR) is 140 cm³/mol. The van der Waals surface area contributed by atoms with Crippen molar-refractivity contribution < 1.29 is 39.4 Å². The van der Waals surface area contributed by atoms with Crippen molar-refractivity contribution in [2.24, 2.45) is 0 Å². The van der Waals surface area contributed by atoms with Gasteiger partial charge in [-0.3, -0.25) is 4.79 Å². The van der Waals surface area contributed by atoms with Crippen LogP contribution < -0.4 is 0 Å². The monoisotopic (exact) mass is 506 g/mol. The van der Waals surface area contributed by atoms with Gasteiger partial charge in [0.1, 0.15) is 6.10 Å². The summed E-state index contributed by atoms with van der Waals surface area (Å²) in [6.45, 7) is 3.44. The van der Waals surface area contributed by atoms with E-state index in [4.69, 9.17) is 34.6 Å². The molecule has 0 heterocycles. The number of hydrogen-bond acceptors (Lipinski definition) is 7. The Morgan fingerprint density at radius 2 is 1.14 bits per heavy atom. The molecule has 0 aromatic heterocycles. The summed E-state index contributed by atoms with van der Waals surface area (Å²) in [5.74, 6) is -0.664. The molecular weight excluding hydrogens is 452 g/mol. The van der Waals surface area contributed by atoms with Gasteiger partial charge in [-0.2, -0.15) is 0 Å². The molecule has 0 aliphatic carbocycles. The van der Waals surface area contributed by atoms with E-state index in [-0.39, 0.29) is 45.7 Å². The van der Waals surface area contributed by atoms with E-state index in [0.717, 1.165) is 12.8 Å². The molecule has 0 bridgehead atoms. The molecule has 0 aromatic carbocycles. The number of hydrogen-bond donors (Lipinski definition) is 4. The molecule has 8 heteroatoms. The molecule has 4 N–H and O–H groups in total. The molecular formula is C27H54O8. The van der Waals surface area contributed by atoms with Crippen molar-refractivity contribution in [3.63, 3.8) is 0 Å². The summed E-state index contributed by atoms with van der Waals surface area (Å²) in [4.78, 5) is 10.3. The first-order valence-corrected chi connectivity index (χ1v) is 13.6. The van der Waals surface area contributed by atoms with E-state index in [0.29, 0.717) is 19.6 Å². The Hall–Kier alpha value is -1.03. The third kappa shape index (κ3) is 35.2. The number of ether oxygens (including phenoxy) is 3. The van der Waals surface area contributed by atoms with E-state index < -0.39 is 5.97 Å². The van der Waals surface area contributed by atoms with Gasteiger partial charge in [0.2, 0.25) is 0 Å². The molecule has 0 fully saturated rings. The van der Waals surface area contributed by atoms with Crippen molar-refractivity contribution in [1.29, 1.82) is 0 Å². The van der Waals surface area contributed by atoms with Gasteiger partial charge in [0.15, 0.2) is 0 Å². The Bertz CT molecular complexity index is 421. The van der Waals surface area contributed by atoms with Crippen molar-refractivity contribution in [3.8, 4) is 0 Å². The van der Waals surface area contributed by atoms with Crippen LogP contribution in [0.25, 0.3) is 0 Å². The van der Waals surface area contributed by atoms with Crippen molar-refractivity contribution in [3.05, 3.63) is 12.2 Å². The number of carboxylic acid groups (broad SMARTS) is 1. The molecule has 35 heavy (non-hydrogen) atoms. The molecule has 0 saturated carbocycles. The van der Waals surface area contributed by atoms with E-state index >= 15 is 0 Å². The molecule has 0 radical (unpaired) electrons. The van der Waals surface area contributed by atoms with Gasteiger partial charge < -0.3 is 34.6 Å². The van der Waals surface area contributed by atoms with Gasteiger partial charge in [-0.15, -0.1) is 0 Å². The minimum Gasteiger partial charge on any atom is -0.481 e. The molecule has 0 spiro atoms. The summed E-state index contributed by atoms with van der Waals surface area (Å²) in [5.41, 5.74) is 0. The highest BCUT2D eigenvalue weighted by molar-refractivity contribution is 5.66. The fourth-order valence-corrected chi connectivity index (χ4v) is 3.27. The van der Waals surface area contributed by atoms with Crippen LogP contribution in [0.5, 0.6) is 0 Å². The Morgan fingerprint density at radius 1 is 0.686 bits per heavy atom. The van der Waals surface area contributed by atoms with Crippen molar-refractivity contribution in [2.75, 3.05) is 52.9 Å². The third-order valence-corrected chi connectivity index (χ3v) is 5.18. The number of allylic oxidation sites excluding steroid dienone is 2. The SMILES string of the molecule is CCCCCCCC/C=C\CCCCCCCC(=O)O.OCCOCC(COCCO)OCCO. The Labute approximate surface area is 213 Å². The second-order valence-electron chi connectivity index (χ2n) is 8.54. The second kappa shape index (κ2) is 33.0. The quantitative estimate of drug-likeness (QED) is 0.0999. The van der Waals surface area contributed by atoms with E-state index in [1.807, 2.05) is 0 Å². The standard InChI is InChI=1S/C18H34O2.C9H20O6/c1-2-3-4-5-6-7-8-9-10-11-12-13-14-15-16-17-18(19)20;10-1-4-13-7-9(15-6-3-12)8-14-5-2-11/h9-10H,2-8,11-17H2,1H3,(H,19,20);9-12H,1-8H2/b10-9-;. The summed E-state index contributed by atoms with van der Waals surface area (Å²) < 4.78 is 15.4. The maximum absolute atomic E-state index is 10.3. The second-order valence-corrected chi connectivity index (χ2v) is 8.54. The van der Waals surface area contributed by atoms with Gasteiger partial charge in [-0.25, -0.2) is 0 Å². The summed E-state index contributed by atoms with van der Waals surface area (Å²) in [6.07, 6.45) is 21.0. The van der Waals surface area contributed by atoms with E-state index in [9.17, 15) is 4.79 Å². The minimum absolute atomic E-state index is 0.0375. The van der Waals surface area contributed by atoms with Crippen LogP contribution in [0.1, 0.15) is 96.8 Å². The zero-order valence-electron chi connectivity index (χ0n) is 22.2. The van der Waals surface area contributed by atoms with Crippen LogP contribution in [0, 0.1) is 0 Å². The van der Waals surface area contributed by atoms with Gasteiger partial charge in [0, 0.05) is 6.42 Å². The molecule has 0 amide bonds. The van der Waals surface area contributed by atoms with Gasteiger partial charge in [-0.05, 0) is 32.1 Å². The minimum atomic E-state index is -0.664. The first-order chi connectivity index (χ1) is 17.1. The van der Waals surface area contributed by atoms with Crippen LogP contribution in [0.4, 0.5) is 0 Å². The molecule has 210 valence electrons. The molecule has 0 atom stereocenters. The van der Waals surface area contributed by atoms with Crippen LogP contribution in [-0.2, 0) is 19.0 Å². The number of unbranched alkanes of at least 4 members (excludes halogenated alkanes) is 11. The molecule has 0 aliphatic rings. The molecule has 8 nitrogen and oxygen atoms in total. The van der Waals surface area contributed by atoms with Crippen LogP contribution in [0.3, 0.4) is 0 Å². The maximum atomic E-state index is 10.3. The number of aliphatic carboxylic acids is 1. The fraction of sp³-hybridized carbons (Fsp3) is 0.889. The Kier molecular flexibility index (Phi) is 34.0. The van der Waals surface area contributed by atoms with Crippen molar-refractivity contribution >= 4 is 5.97 Å². The average Bonchev–Trinajstić information content (AvgIpc) is 2.85. The van der Waals surface area contributed by atoms with E-state index in [2.05, 4.69) is 19.1 Å². The van der Waals surface area contributed by atoms with Crippen molar-refractivity contribution in [2.45, 2.75) is 103 Å². The number of rotatable bonds is 26. The zero-order valence-corrected chi connectivity index (χ0v) is 22.2. The molecule has 0 aromatic rings. The van der Waals surface area contributed by atoms with Crippen LogP contribution >= 0.6 is 0 Å². The number of aliphatic hydroxyl groups is 3. The van der Waals surface area contributed by atoms with Gasteiger partial charge >= 0.3 is 5.97 Å². The van der Waals surface area contributed by atoms with Crippen LogP contribution in [-0.4, -0.2) is 85.4 Å². The first kappa shape index (κ1) is 36.1. The van der Waals surface area contributed by atoms with E-state index in [1.54, 1.807) is 0 Å². The largest absolute Gasteiger partial charge is 0.481 e. The highest BCUT2D eigenvalue weighted by Crippen LogP contribution is 2.09. The van der Waals surface area contributed by atoms with E-state index in [1.165, 1.54) is 70.6 Å². The lowest BCUT2D eigenvalue weighted by Gasteiger charge is -2.17. The summed E-state index contributed by atoms with van der Waals surface area (Å²) in [7, 11) is 0. The number of carbonyl (C=O) groups is 1. The number of carboxylic acids is 1. The molecule has 0 aliphatic heterocycles. The smallest absolute Gasteiger partial charge is 0.303 e. The van der Waals surface area contributed by atoms with Gasteiger partial charge in [-0.1, -0.05) is 70.4 Å². The Morgan fingerprint density at radius 3 is 1.60 bits per heavy atom. The molecule has 0 saturated heterocycles. The normalized spacial score (nSPS) is 11.2. The fourth-order valence-electron chi connectivity index (χ4n) is 3.27. The van der Waals surface area contributed by atoms with Crippen LogP contribution in [0.15, 0.2) is 12.2 Å². The number of aliphatic hydroxyl groups excluding tert-OH is 3. The Balaban J connectivity index is 0. The highest BCUT2D eigenvalue weighted by atomic mass is 16.6. The first-order valence-electron chi connectivity index (χ1n) is 13.6. The lowest BCUT2D eigenvalue weighted by molar-refractivity contribution is -0.137.